The molecule has 317 valence electrons. The van der Waals surface area contributed by atoms with E-state index in [-0.39, 0.29) is 54.9 Å². The summed E-state index contributed by atoms with van der Waals surface area (Å²) in [6, 6.07) is 7.69. The molecule has 0 radical (unpaired) electrons. The molecule has 8 nitrogen and oxygen atoms in total. The molecule has 4 atom stereocenters. The first-order valence-electron chi connectivity index (χ1n) is 18.9. The minimum atomic E-state index is -0.391. The summed E-state index contributed by atoms with van der Waals surface area (Å²) in [5, 5.41) is 40.2. The van der Waals surface area contributed by atoms with E-state index in [1.807, 2.05) is 24.3 Å². The Morgan fingerprint density at radius 3 is 1.33 bits per heavy atom. The summed E-state index contributed by atoms with van der Waals surface area (Å²) in [5.74, 6) is 2.35. The Morgan fingerprint density at radius 2 is 1.04 bits per heavy atom. The number of unbranched alkanes of at least 4 members (excludes halogenated alkanes) is 4. The number of phenols is 2. The van der Waals surface area contributed by atoms with Gasteiger partial charge in [-0.05, 0) is 126 Å². The maximum Gasteiger partial charge on any atom is -0.693 e. The Hall–Kier alpha value is -2.58. The number of aliphatic hydroxyl groups excluding tert-OH is 2. The zero-order chi connectivity index (χ0) is 38.8. The number of allylic oxidation sites excluding steroid dienone is 6. The number of aromatic hydroxyl groups is 2. The largest absolute Gasteiger partial charge is 0.693 e. The normalized spacial score (nSPS) is 18.5. The van der Waals surface area contributed by atoms with Crippen molar-refractivity contribution >= 4 is 9.42 Å². The Labute approximate surface area is 349 Å². The van der Waals surface area contributed by atoms with Gasteiger partial charge in [0.2, 0.25) is 0 Å². The molecule has 2 aliphatic rings. The van der Waals surface area contributed by atoms with Crippen molar-refractivity contribution in [2.24, 2.45) is 11.8 Å². The number of hydrogen-bond acceptors (Lipinski definition) is 6. The minimum absolute atomic E-state index is 0. The zero-order valence-corrected chi connectivity index (χ0v) is 37.6. The van der Waals surface area contributed by atoms with Crippen LogP contribution in [0, 0.1) is 19.3 Å². The summed E-state index contributed by atoms with van der Waals surface area (Å²) in [6.45, 7) is 20.2. The summed E-state index contributed by atoms with van der Waals surface area (Å²) in [4.78, 5) is 0. The van der Waals surface area contributed by atoms with Crippen LogP contribution in [0.4, 0.5) is 0 Å². The molecule has 0 aromatic heterocycles. The Morgan fingerprint density at radius 1 is 0.691 bits per heavy atom. The molecular weight excluding hydrogens is 895 g/mol. The minimum Gasteiger partial charge on any atom is -0.693 e. The van der Waals surface area contributed by atoms with Crippen molar-refractivity contribution in [3.05, 3.63) is 114 Å². The van der Waals surface area contributed by atoms with Gasteiger partial charge in [0.05, 0.1) is 0 Å². The number of benzene rings is 2. The van der Waals surface area contributed by atoms with Crippen LogP contribution in [0.1, 0.15) is 140 Å². The predicted octanol–water partition coefficient (Wildman–Crippen LogP) is 13.5. The summed E-state index contributed by atoms with van der Waals surface area (Å²) < 4.78 is 11.0. The second-order valence-corrected chi connectivity index (χ2v) is 14.6. The van der Waals surface area contributed by atoms with Gasteiger partial charge in [0, 0.05) is 23.0 Å². The fraction of sp³-hybridized carbons (Fsp3) is 0.533. The smallest absolute Gasteiger partial charge is 0.693 e. The number of rotatable bonds is 16. The first-order valence-corrected chi connectivity index (χ1v) is 21.7. The number of hydrogen-bond donors (Lipinski definition) is 4. The van der Waals surface area contributed by atoms with Gasteiger partial charge in [-0.15, -0.1) is 0 Å². The second-order valence-electron chi connectivity index (χ2n) is 14.6. The van der Waals surface area contributed by atoms with E-state index in [0.717, 1.165) is 97.6 Å². The van der Waals surface area contributed by atoms with Gasteiger partial charge in [0.25, 0.3) is 0 Å². The SMILES string of the molecule is C=C(C)C1CCC(C)=CC1c1c(O)cc(CCCCC)cc1OCO.C=C(C)C1CCC(C)=CC1c1c(O)cc(CCCCC)cc1OCO.[CH3-].[Cl][Pt].[NH2-].[NH2-]. The van der Waals surface area contributed by atoms with Crippen LogP contribution in [0.2, 0.25) is 0 Å². The van der Waals surface area contributed by atoms with E-state index in [4.69, 9.17) is 9.47 Å². The average Bonchev–Trinajstić information content (AvgIpc) is 3.09. The summed E-state index contributed by atoms with van der Waals surface area (Å²) >= 11 is 1.61. The molecule has 4 rings (SSSR count). The van der Waals surface area contributed by atoms with Gasteiger partial charge in [-0.3, -0.25) is 0 Å². The molecule has 0 heterocycles. The van der Waals surface area contributed by atoms with Gasteiger partial charge in [0.1, 0.15) is 23.0 Å². The fourth-order valence-corrected chi connectivity index (χ4v) is 7.64. The molecule has 0 spiro atoms. The maximum atomic E-state index is 10.8. The molecule has 0 saturated heterocycles. The molecule has 2 aromatic carbocycles. The van der Waals surface area contributed by atoms with Gasteiger partial charge in [-0.1, -0.05) is 87.1 Å². The summed E-state index contributed by atoms with van der Waals surface area (Å²) in [6.07, 6.45) is 17.3. The first kappa shape index (κ1) is 54.5. The van der Waals surface area contributed by atoms with Crippen molar-refractivity contribution in [3.8, 4) is 23.0 Å². The molecule has 0 fully saturated rings. The van der Waals surface area contributed by atoms with Gasteiger partial charge in [-0.25, -0.2) is 0 Å². The molecule has 0 bridgehead atoms. The van der Waals surface area contributed by atoms with Crippen molar-refractivity contribution in [1.82, 2.24) is 0 Å². The number of ether oxygens (including phenoxy) is 2. The maximum absolute atomic E-state index is 10.8. The topological polar surface area (TPSA) is 166 Å². The Kier molecular flexibility index (Phi) is 28.5. The fourth-order valence-electron chi connectivity index (χ4n) is 7.64. The van der Waals surface area contributed by atoms with Gasteiger partial charge in [0.15, 0.2) is 13.6 Å². The molecule has 0 saturated carbocycles. The quantitative estimate of drug-likeness (QED) is 0.0565. The Bertz CT molecular complexity index is 1400. The molecule has 2 aromatic rings. The van der Waals surface area contributed by atoms with Crippen molar-refractivity contribution in [2.75, 3.05) is 13.6 Å². The number of aliphatic hydroxyl groups is 2. The third-order valence-electron chi connectivity index (χ3n) is 10.4. The van der Waals surface area contributed by atoms with Crippen LogP contribution in [0.25, 0.3) is 12.3 Å². The van der Waals surface area contributed by atoms with Crippen LogP contribution < -0.4 is 9.47 Å². The zero-order valence-electron chi connectivity index (χ0n) is 34.5. The van der Waals surface area contributed by atoms with E-state index in [9.17, 15) is 20.4 Å². The van der Waals surface area contributed by atoms with Crippen LogP contribution in [0.5, 0.6) is 23.0 Å². The van der Waals surface area contributed by atoms with E-state index in [2.05, 4.69) is 76.3 Å². The second kappa shape index (κ2) is 28.8. The van der Waals surface area contributed by atoms with Crippen molar-refractivity contribution in [3.63, 3.8) is 0 Å². The molecule has 55 heavy (non-hydrogen) atoms. The number of aryl methyl sites for hydroxylation is 2. The monoisotopic (exact) mass is 965 g/mol. The third kappa shape index (κ3) is 16.4. The van der Waals surface area contributed by atoms with Crippen molar-refractivity contribution in [1.29, 1.82) is 0 Å². The van der Waals surface area contributed by atoms with Gasteiger partial charge < -0.3 is 49.6 Å². The standard InChI is InChI=1S/2C22H32O3.CH3.ClH.2H2N.Pt/c2*1-5-6-7-8-17-12-20(24)22(21(13-17)25-14-23)19-11-16(4)9-10-18(19)15(2)3;;;;;/h2*11-13,18-19,23-24H,2,5-10,14H2,1,3-4H3;1H3;1H;2*1H2;/q;;-1;;2*-1;+1/p-1. The average molecular weight is 967 g/mol. The van der Waals surface area contributed by atoms with Gasteiger partial charge >= 0.3 is 28.2 Å². The molecule has 4 unspecified atom stereocenters. The van der Waals surface area contributed by atoms with E-state index in [0.29, 0.717) is 11.5 Å². The summed E-state index contributed by atoms with van der Waals surface area (Å²) in [7, 11) is 4.61. The van der Waals surface area contributed by atoms with E-state index in [1.54, 1.807) is 18.8 Å². The summed E-state index contributed by atoms with van der Waals surface area (Å²) in [5.41, 5.74) is 8.56. The molecule has 0 aliphatic heterocycles. The van der Waals surface area contributed by atoms with Crippen molar-refractivity contribution < 1.29 is 48.7 Å². The van der Waals surface area contributed by atoms with Crippen LogP contribution >= 0.6 is 9.42 Å². The predicted molar refractivity (Wildman–Crippen MR) is 229 cm³/mol. The number of nitrogens with two attached hydrogens (primary N) is 2. The molecular formula is C45H71ClN2O6Pt-3. The molecule has 2 aliphatic carbocycles. The third-order valence-corrected chi connectivity index (χ3v) is 10.4. The number of halogens is 1. The number of phenolic OH excluding ortho intramolecular Hbond substituents is 2. The van der Waals surface area contributed by atoms with E-state index < -0.39 is 13.6 Å². The van der Waals surface area contributed by atoms with Crippen LogP contribution in [-0.2, 0) is 31.6 Å². The van der Waals surface area contributed by atoms with Crippen LogP contribution in [0.15, 0.2) is 71.9 Å². The van der Waals surface area contributed by atoms with Crippen molar-refractivity contribution in [2.45, 2.75) is 130 Å². The van der Waals surface area contributed by atoms with E-state index in [1.165, 1.54) is 24.0 Å². The van der Waals surface area contributed by atoms with Crippen LogP contribution in [-0.4, -0.2) is 34.0 Å². The molecule has 10 heteroatoms. The molecule has 0 amide bonds. The molecule has 8 N–H and O–H groups in total. The van der Waals surface area contributed by atoms with E-state index >= 15 is 0 Å². The Balaban J connectivity index is 0. The van der Waals surface area contributed by atoms with Crippen LogP contribution in [0.3, 0.4) is 0 Å². The first-order chi connectivity index (χ1) is 24.9. The van der Waals surface area contributed by atoms with Gasteiger partial charge in [-0.2, -0.15) is 0 Å².